The molecule has 0 unspecified atom stereocenters. The molecule has 5 aromatic heterocycles. The van der Waals surface area contributed by atoms with Crippen LogP contribution >= 0.6 is 0 Å². The molecule has 0 radical (unpaired) electrons. The first kappa shape index (κ1) is 23.4. The van der Waals surface area contributed by atoms with Crippen LogP contribution in [0.4, 0.5) is 10.1 Å². The van der Waals surface area contributed by atoms with E-state index >= 15 is 4.39 Å². The normalized spacial score (nSPS) is 11.3. The fourth-order valence-corrected chi connectivity index (χ4v) is 4.45. The number of pyridine rings is 3. The lowest BCUT2D eigenvalue weighted by atomic mass is 10.1. The van der Waals surface area contributed by atoms with E-state index in [0.29, 0.717) is 34.7 Å². The number of nitrogens with zero attached hydrogens (tertiary/aromatic N) is 5. The zero-order valence-corrected chi connectivity index (χ0v) is 20.5. The molecule has 6 rings (SSSR count). The molecule has 6 aromatic rings. The minimum absolute atomic E-state index is 0.101. The highest BCUT2D eigenvalue weighted by atomic mass is 19.1. The van der Waals surface area contributed by atoms with Crippen molar-refractivity contribution in [3.8, 4) is 33.9 Å². The number of hydrogen-bond acceptors (Lipinski definition) is 6. The number of aromatic nitrogens is 7. The van der Waals surface area contributed by atoms with Crippen molar-refractivity contribution >= 4 is 33.5 Å². The predicted molar refractivity (Wildman–Crippen MR) is 144 cm³/mol. The van der Waals surface area contributed by atoms with Crippen LogP contribution < -0.4 is 5.32 Å². The van der Waals surface area contributed by atoms with E-state index in [4.69, 9.17) is 4.98 Å². The van der Waals surface area contributed by atoms with Crippen LogP contribution in [-0.4, -0.2) is 41.0 Å². The number of benzene rings is 1. The van der Waals surface area contributed by atoms with Crippen LogP contribution in [0.25, 0.3) is 55.8 Å². The maximum absolute atomic E-state index is 16.0. The number of amides is 1. The number of aromatic amines is 2. The van der Waals surface area contributed by atoms with Crippen LogP contribution in [0.15, 0.2) is 67.4 Å². The van der Waals surface area contributed by atoms with Crippen molar-refractivity contribution in [1.29, 1.82) is 0 Å². The third-order valence-electron chi connectivity index (χ3n) is 6.31. The molecule has 9 nitrogen and oxygen atoms in total. The van der Waals surface area contributed by atoms with Crippen molar-refractivity contribution in [2.75, 3.05) is 5.32 Å². The second kappa shape index (κ2) is 9.81. The Balaban J connectivity index is 1.41. The first-order valence-electron chi connectivity index (χ1n) is 12.3. The molecule has 0 saturated carbocycles. The fraction of sp³-hybridized carbons (Fsp3) is 0.143. The van der Waals surface area contributed by atoms with Crippen molar-refractivity contribution in [3.63, 3.8) is 0 Å². The summed E-state index contributed by atoms with van der Waals surface area (Å²) >= 11 is 0. The van der Waals surface area contributed by atoms with Crippen molar-refractivity contribution in [1.82, 2.24) is 35.1 Å². The smallest absolute Gasteiger partial charge is 0.224 e. The van der Waals surface area contributed by atoms with Gasteiger partial charge in [0.2, 0.25) is 5.91 Å². The third kappa shape index (κ3) is 4.26. The first-order valence-corrected chi connectivity index (χ1v) is 12.3. The van der Waals surface area contributed by atoms with E-state index in [2.05, 4.69) is 35.5 Å². The van der Waals surface area contributed by atoms with Crippen molar-refractivity contribution in [2.45, 2.75) is 26.2 Å². The van der Waals surface area contributed by atoms with Crippen LogP contribution in [0, 0.1) is 5.82 Å². The standard InChI is InChI=1S/C28H23FN8O/c1-2-3-9-22(38)33-18-11-17(13-31-14-18)25-24(29)23-21(15-32-25)36-37-27(23)28-34-20-8-4-7-19(26(20)35-28)16-6-5-10-30-12-16/h4-8,10-15H,2-3,9H2,1H3,(H,33,38)(H,34,35)(H,36,37). The Hall–Kier alpha value is -4.99. The molecule has 3 N–H and O–H groups in total. The van der Waals surface area contributed by atoms with E-state index in [0.717, 1.165) is 35.0 Å². The Kier molecular flexibility index (Phi) is 6.04. The highest BCUT2D eigenvalue weighted by Gasteiger charge is 2.21. The predicted octanol–water partition coefficient (Wildman–Crippen LogP) is 5.89. The number of anilines is 1. The number of halogens is 1. The van der Waals surface area contributed by atoms with E-state index < -0.39 is 5.82 Å². The van der Waals surface area contributed by atoms with E-state index in [1.165, 1.54) is 18.6 Å². The summed E-state index contributed by atoms with van der Waals surface area (Å²) < 4.78 is 16.0. The molecule has 0 fully saturated rings. The van der Waals surface area contributed by atoms with Gasteiger partial charge in [-0.1, -0.05) is 31.5 Å². The number of carbonyl (C=O) groups is 1. The summed E-state index contributed by atoms with van der Waals surface area (Å²) in [6.45, 7) is 2.02. The molecule has 10 heteroatoms. The van der Waals surface area contributed by atoms with E-state index in [-0.39, 0.29) is 17.0 Å². The lowest BCUT2D eigenvalue weighted by Crippen LogP contribution is -2.11. The van der Waals surface area contributed by atoms with Crippen LogP contribution in [0.5, 0.6) is 0 Å². The van der Waals surface area contributed by atoms with Gasteiger partial charge in [0.05, 0.1) is 40.0 Å². The SMILES string of the molecule is CCCCC(=O)Nc1cncc(-c2ncc3[nH]nc(-c4nc5c(-c6cccnc6)cccc5[nH]4)c3c2F)c1. The Morgan fingerprint density at radius 1 is 1.00 bits per heavy atom. The molecule has 0 aliphatic rings. The van der Waals surface area contributed by atoms with Crippen LogP contribution in [0.2, 0.25) is 0 Å². The van der Waals surface area contributed by atoms with Gasteiger partial charge in [-0.25, -0.2) is 9.37 Å². The summed E-state index contributed by atoms with van der Waals surface area (Å²) in [5.41, 5.74) is 5.16. The zero-order chi connectivity index (χ0) is 26.1. The van der Waals surface area contributed by atoms with Gasteiger partial charge in [-0.05, 0) is 24.6 Å². The summed E-state index contributed by atoms with van der Waals surface area (Å²) in [7, 11) is 0. The lowest BCUT2D eigenvalue weighted by molar-refractivity contribution is -0.116. The molecular formula is C28H23FN8O. The number of fused-ring (bicyclic) bond motifs is 2. The number of rotatable bonds is 7. The number of para-hydroxylation sites is 1. The number of unbranched alkanes of at least 4 members (excludes halogenated alkanes) is 1. The molecule has 1 amide bonds. The Morgan fingerprint density at radius 3 is 2.74 bits per heavy atom. The van der Waals surface area contributed by atoms with Gasteiger partial charge in [0.15, 0.2) is 11.6 Å². The second-order valence-electron chi connectivity index (χ2n) is 8.92. The number of carbonyl (C=O) groups excluding carboxylic acids is 1. The highest BCUT2D eigenvalue weighted by Crippen LogP contribution is 2.34. The molecule has 5 heterocycles. The van der Waals surface area contributed by atoms with Gasteiger partial charge in [0, 0.05) is 41.7 Å². The van der Waals surface area contributed by atoms with Crippen molar-refractivity contribution < 1.29 is 9.18 Å². The highest BCUT2D eigenvalue weighted by molar-refractivity contribution is 5.98. The molecule has 0 spiro atoms. The molecule has 0 saturated heterocycles. The van der Waals surface area contributed by atoms with Gasteiger partial charge in [-0.15, -0.1) is 0 Å². The topological polar surface area (TPSA) is 125 Å². The molecule has 0 bridgehead atoms. The van der Waals surface area contributed by atoms with Gasteiger partial charge >= 0.3 is 0 Å². The molecule has 38 heavy (non-hydrogen) atoms. The monoisotopic (exact) mass is 506 g/mol. The number of H-pyrrole nitrogens is 2. The number of nitrogens with one attached hydrogen (secondary N) is 3. The first-order chi connectivity index (χ1) is 18.6. The number of imidazole rings is 1. The lowest BCUT2D eigenvalue weighted by Gasteiger charge is -2.08. The Morgan fingerprint density at radius 2 is 1.89 bits per heavy atom. The summed E-state index contributed by atoms with van der Waals surface area (Å²) in [4.78, 5) is 32.9. The molecule has 188 valence electrons. The van der Waals surface area contributed by atoms with Gasteiger partial charge in [0.25, 0.3) is 0 Å². The van der Waals surface area contributed by atoms with Crippen LogP contribution in [-0.2, 0) is 4.79 Å². The summed E-state index contributed by atoms with van der Waals surface area (Å²) in [5.74, 6) is -0.244. The van der Waals surface area contributed by atoms with E-state index in [1.54, 1.807) is 18.5 Å². The minimum atomic E-state index is -0.560. The average molecular weight is 507 g/mol. The molecule has 0 atom stereocenters. The van der Waals surface area contributed by atoms with Crippen molar-refractivity contribution in [3.05, 3.63) is 73.2 Å². The summed E-state index contributed by atoms with van der Waals surface area (Å²) in [6, 6.07) is 11.3. The van der Waals surface area contributed by atoms with Crippen molar-refractivity contribution in [2.24, 2.45) is 0 Å². The van der Waals surface area contributed by atoms with E-state index in [1.807, 2.05) is 37.3 Å². The maximum atomic E-state index is 16.0. The van der Waals surface area contributed by atoms with Crippen LogP contribution in [0.1, 0.15) is 26.2 Å². The quantitative estimate of drug-likeness (QED) is 0.248. The van der Waals surface area contributed by atoms with Gasteiger partial charge < -0.3 is 10.3 Å². The summed E-state index contributed by atoms with van der Waals surface area (Å²) in [6.07, 6.45) is 10.2. The molecule has 0 aliphatic heterocycles. The average Bonchev–Trinajstić information content (AvgIpc) is 3.57. The largest absolute Gasteiger partial charge is 0.337 e. The zero-order valence-electron chi connectivity index (χ0n) is 20.5. The van der Waals surface area contributed by atoms with Gasteiger partial charge in [-0.2, -0.15) is 5.10 Å². The van der Waals surface area contributed by atoms with Gasteiger partial charge in [-0.3, -0.25) is 24.8 Å². The van der Waals surface area contributed by atoms with Crippen LogP contribution in [0.3, 0.4) is 0 Å². The minimum Gasteiger partial charge on any atom is -0.337 e. The number of hydrogen-bond donors (Lipinski definition) is 3. The maximum Gasteiger partial charge on any atom is 0.224 e. The third-order valence-corrected chi connectivity index (χ3v) is 6.31. The van der Waals surface area contributed by atoms with Gasteiger partial charge in [0.1, 0.15) is 11.4 Å². The fourth-order valence-electron chi connectivity index (χ4n) is 4.45. The Bertz CT molecular complexity index is 1780. The molecule has 1 aromatic carbocycles. The molecule has 0 aliphatic carbocycles. The Labute approximate surface area is 216 Å². The second-order valence-corrected chi connectivity index (χ2v) is 8.92. The molecular weight excluding hydrogens is 483 g/mol. The summed E-state index contributed by atoms with van der Waals surface area (Å²) in [5, 5.41) is 10.3. The van der Waals surface area contributed by atoms with E-state index in [9.17, 15) is 4.79 Å².